The molecule has 0 aromatic heterocycles. The summed E-state index contributed by atoms with van der Waals surface area (Å²) in [5.74, 6) is 0. The summed E-state index contributed by atoms with van der Waals surface area (Å²) in [6, 6.07) is 40.9. The predicted octanol–water partition coefficient (Wildman–Crippen LogP) is 5.53. The molecule has 3 heteroatoms. The molecule has 0 aliphatic heterocycles. The Hall–Kier alpha value is -3.24. The monoisotopic (exact) mass is 423 g/mol. The number of aliphatic hydroxyl groups excluding tert-OH is 1. The average Bonchev–Trinajstić information content (AvgIpc) is 2.87. The molecule has 162 valence electrons. The molecule has 32 heavy (non-hydrogen) atoms. The van der Waals surface area contributed by atoms with Crippen LogP contribution in [0, 0.1) is 0 Å². The van der Waals surface area contributed by atoms with Crippen LogP contribution < -0.4 is 5.32 Å². The summed E-state index contributed by atoms with van der Waals surface area (Å²) >= 11 is 0. The van der Waals surface area contributed by atoms with E-state index in [4.69, 9.17) is 4.74 Å². The maximum atomic E-state index is 10.7. The van der Waals surface area contributed by atoms with E-state index < -0.39 is 6.10 Å². The highest BCUT2D eigenvalue weighted by atomic mass is 16.5. The maximum Gasteiger partial charge on any atom is 0.108 e. The lowest BCUT2D eigenvalue weighted by Gasteiger charge is -2.24. The van der Waals surface area contributed by atoms with Gasteiger partial charge in [-0.1, -0.05) is 121 Å². The molecule has 0 bridgehead atoms. The van der Waals surface area contributed by atoms with Crippen LogP contribution in [-0.2, 0) is 4.74 Å². The first-order chi connectivity index (χ1) is 15.8. The van der Waals surface area contributed by atoms with Crippen LogP contribution in [0.3, 0.4) is 0 Å². The minimum absolute atomic E-state index is 0.00564. The second-order valence-corrected chi connectivity index (χ2v) is 7.85. The fraction of sp³-hybridized carbons (Fsp3) is 0.172. The SMILES string of the molecule is O[C@H](CNC(c1ccccc1)c1ccccc1)COC(c1ccccc1)c1ccccc1. The highest BCUT2D eigenvalue weighted by molar-refractivity contribution is 5.32. The van der Waals surface area contributed by atoms with Gasteiger partial charge in [-0.05, 0) is 22.3 Å². The molecule has 1 atom stereocenters. The van der Waals surface area contributed by atoms with Gasteiger partial charge in [0.05, 0.1) is 18.8 Å². The molecule has 4 aromatic rings. The first-order valence-electron chi connectivity index (χ1n) is 11.0. The Morgan fingerprint density at radius 1 is 0.562 bits per heavy atom. The Kier molecular flexibility index (Phi) is 7.83. The normalized spacial score (nSPS) is 12.2. The predicted molar refractivity (Wildman–Crippen MR) is 129 cm³/mol. The minimum Gasteiger partial charge on any atom is -0.389 e. The molecule has 4 rings (SSSR count). The molecule has 0 heterocycles. The van der Waals surface area contributed by atoms with E-state index in [1.807, 2.05) is 72.8 Å². The fourth-order valence-electron chi connectivity index (χ4n) is 3.88. The van der Waals surface area contributed by atoms with E-state index in [0.717, 1.165) is 11.1 Å². The molecular weight excluding hydrogens is 394 g/mol. The summed E-state index contributed by atoms with van der Waals surface area (Å²) in [6.45, 7) is 0.655. The molecule has 4 aromatic carbocycles. The van der Waals surface area contributed by atoms with Crippen molar-refractivity contribution in [2.75, 3.05) is 13.2 Å². The molecule has 3 nitrogen and oxygen atoms in total. The van der Waals surface area contributed by atoms with E-state index in [1.54, 1.807) is 0 Å². The summed E-state index contributed by atoms with van der Waals surface area (Å²) < 4.78 is 6.23. The van der Waals surface area contributed by atoms with Crippen LogP contribution in [0.5, 0.6) is 0 Å². The third kappa shape index (κ3) is 5.92. The van der Waals surface area contributed by atoms with Gasteiger partial charge < -0.3 is 15.2 Å². The van der Waals surface area contributed by atoms with Crippen LogP contribution in [-0.4, -0.2) is 24.4 Å². The van der Waals surface area contributed by atoms with Crippen molar-refractivity contribution < 1.29 is 9.84 Å². The van der Waals surface area contributed by atoms with Crippen molar-refractivity contribution in [1.29, 1.82) is 0 Å². The summed E-state index contributed by atoms with van der Waals surface area (Å²) in [5.41, 5.74) is 4.48. The molecule has 0 radical (unpaired) electrons. The van der Waals surface area contributed by atoms with Crippen LogP contribution in [0.15, 0.2) is 121 Å². The Bertz CT molecular complexity index is 874. The lowest BCUT2D eigenvalue weighted by Crippen LogP contribution is -2.34. The van der Waals surface area contributed by atoms with E-state index in [-0.39, 0.29) is 18.8 Å². The average molecular weight is 424 g/mol. The summed E-state index contributed by atoms with van der Waals surface area (Å²) in [5, 5.41) is 14.3. The van der Waals surface area contributed by atoms with E-state index in [0.29, 0.717) is 6.54 Å². The van der Waals surface area contributed by atoms with E-state index in [2.05, 4.69) is 53.8 Å². The number of ether oxygens (including phenoxy) is 1. The van der Waals surface area contributed by atoms with Crippen LogP contribution in [0.2, 0.25) is 0 Å². The zero-order chi connectivity index (χ0) is 22.0. The third-order valence-corrected chi connectivity index (χ3v) is 5.48. The maximum absolute atomic E-state index is 10.7. The molecule has 0 amide bonds. The zero-order valence-electron chi connectivity index (χ0n) is 18.0. The first-order valence-corrected chi connectivity index (χ1v) is 11.0. The van der Waals surface area contributed by atoms with E-state index in [9.17, 15) is 5.11 Å². The molecule has 0 spiro atoms. The van der Waals surface area contributed by atoms with Gasteiger partial charge in [-0.15, -0.1) is 0 Å². The van der Waals surface area contributed by atoms with Gasteiger partial charge in [0.1, 0.15) is 6.10 Å². The van der Waals surface area contributed by atoms with Crippen LogP contribution in [0.25, 0.3) is 0 Å². The van der Waals surface area contributed by atoms with Gasteiger partial charge in [0.15, 0.2) is 0 Å². The smallest absolute Gasteiger partial charge is 0.108 e. The van der Waals surface area contributed by atoms with Crippen molar-refractivity contribution in [3.05, 3.63) is 144 Å². The van der Waals surface area contributed by atoms with Crippen molar-refractivity contribution in [3.8, 4) is 0 Å². The second kappa shape index (κ2) is 11.4. The Morgan fingerprint density at radius 2 is 0.938 bits per heavy atom. The minimum atomic E-state index is -0.639. The summed E-state index contributed by atoms with van der Waals surface area (Å²) in [4.78, 5) is 0. The largest absolute Gasteiger partial charge is 0.389 e. The number of nitrogens with one attached hydrogen (secondary N) is 1. The van der Waals surface area contributed by atoms with Crippen molar-refractivity contribution in [2.24, 2.45) is 0 Å². The number of hydrogen-bond acceptors (Lipinski definition) is 3. The van der Waals surface area contributed by atoms with Crippen molar-refractivity contribution >= 4 is 0 Å². The Balaban J connectivity index is 1.42. The zero-order valence-corrected chi connectivity index (χ0v) is 18.0. The summed E-state index contributed by atoms with van der Waals surface area (Å²) in [6.07, 6.45) is -0.856. The highest BCUT2D eigenvalue weighted by Gasteiger charge is 2.18. The lowest BCUT2D eigenvalue weighted by molar-refractivity contribution is 0.00599. The van der Waals surface area contributed by atoms with Gasteiger partial charge in [-0.2, -0.15) is 0 Å². The van der Waals surface area contributed by atoms with Gasteiger partial charge in [0, 0.05) is 6.54 Å². The van der Waals surface area contributed by atoms with Gasteiger partial charge in [0.2, 0.25) is 0 Å². The van der Waals surface area contributed by atoms with Crippen molar-refractivity contribution in [2.45, 2.75) is 18.2 Å². The second-order valence-electron chi connectivity index (χ2n) is 7.85. The van der Waals surface area contributed by atoms with Gasteiger partial charge >= 0.3 is 0 Å². The summed E-state index contributed by atoms with van der Waals surface area (Å²) in [7, 11) is 0. The van der Waals surface area contributed by atoms with Gasteiger partial charge in [0.25, 0.3) is 0 Å². The van der Waals surface area contributed by atoms with Crippen LogP contribution in [0.1, 0.15) is 34.4 Å². The highest BCUT2D eigenvalue weighted by Crippen LogP contribution is 2.26. The van der Waals surface area contributed by atoms with Gasteiger partial charge in [-0.25, -0.2) is 0 Å². The molecule has 0 saturated heterocycles. The Morgan fingerprint density at radius 3 is 1.34 bits per heavy atom. The van der Waals surface area contributed by atoms with Crippen LogP contribution >= 0.6 is 0 Å². The quantitative estimate of drug-likeness (QED) is 0.352. The number of hydrogen-bond donors (Lipinski definition) is 2. The number of aliphatic hydroxyl groups is 1. The Labute approximate surface area is 190 Å². The number of benzene rings is 4. The lowest BCUT2D eigenvalue weighted by atomic mass is 9.98. The van der Waals surface area contributed by atoms with Crippen LogP contribution in [0.4, 0.5) is 0 Å². The molecule has 0 fully saturated rings. The van der Waals surface area contributed by atoms with Gasteiger partial charge in [-0.3, -0.25) is 0 Å². The molecule has 2 N–H and O–H groups in total. The number of rotatable bonds is 10. The molecule has 0 saturated carbocycles. The molecule has 0 aliphatic carbocycles. The molecule has 0 aliphatic rings. The fourth-order valence-corrected chi connectivity index (χ4v) is 3.88. The molecule has 0 unspecified atom stereocenters. The van der Waals surface area contributed by atoms with Crippen molar-refractivity contribution in [3.63, 3.8) is 0 Å². The van der Waals surface area contributed by atoms with Crippen molar-refractivity contribution in [1.82, 2.24) is 5.32 Å². The first kappa shape index (κ1) is 22.0. The third-order valence-electron chi connectivity index (χ3n) is 5.48. The topological polar surface area (TPSA) is 41.5 Å². The van der Waals surface area contributed by atoms with E-state index >= 15 is 0 Å². The standard InChI is InChI=1S/C29H29NO2/c31-27(21-30-28(23-13-5-1-6-14-23)24-15-7-2-8-16-24)22-32-29(25-17-9-3-10-18-25)26-19-11-4-12-20-26/h1-20,27-31H,21-22H2/t27-/m1/s1. The molecular formula is C29H29NO2. The van der Waals surface area contributed by atoms with E-state index in [1.165, 1.54) is 11.1 Å².